The summed E-state index contributed by atoms with van der Waals surface area (Å²) in [7, 11) is 0. The first-order valence-corrected chi connectivity index (χ1v) is 8.99. The Morgan fingerprint density at radius 3 is 2.92 bits per heavy atom. The van der Waals surface area contributed by atoms with Crippen LogP contribution in [0.1, 0.15) is 22.3 Å². The maximum absolute atomic E-state index is 12.8. The number of rotatable bonds is 3. The van der Waals surface area contributed by atoms with Gasteiger partial charge in [0.2, 0.25) is 0 Å². The lowest BCUT2D eigenvalue weighted by Crippen LogP contribution is -2.35. The minimum absolute atomic E-state index is 0.0530. The lowest BCUT2D eigenvalue weighted by atomic mass is 10.1. The van der Waals surface area contributed by atoms with Gasteiger partial charge < -0.3 is 4.90 Å². The van der Waals surface area contributed by atoms with Crippen molar-refractivity contribution in [2.24, 2.45) is 0 Å². The first-order chi connectivity index (χ1) is 11.8. The largest absolute Gasteiger partial charge is 0.337 e. The van der Waals surface area contributed by atoms with Crippen LogP contribution < -0.4 is 0 Å². The van der Waals surface area contributed by atoms with Crippen LogP contribution in [-0.4, -0.2) is 52.2 Å². The molecule has 3 heterocycles. The standard InChI is InChI=1S/C17H18N4O2S/c22-17(14-2-3-15-16(10-14)19-23-18-15)21-6-1-5-20(7-8-21)11-13-4-9-24-12-13/h2-4,9-10,12H,1,5-8,11H2. The van der Waals surface area contributed by atoms with Gasteiger partial charge in [-0.2, -0.15) is 11.3 Å². The Morgan fingerprint density at radius 2 is 2.04 bits per heavy atom. The molecule has 3 aromatic rings. The molecule has 0 bridgehead atoms. The Kier molecular flexibility index (Phi) is 4.27. The summed E-state index contributed by atoms with van der Waals surface area (Å²) >= 11 is 1.73. The van der Waals surface area contributed by atoms with Gasteiger partial charge in [-0.15, -0.1) is 0 Å². The average molecular weight is 342 g/mol. The number of aromatic nitrogens is 2. The molecule has 1 aliphatic rings. The fraction of sp³-hybridized carbons (Fsp3) is 0.353. The molecule has 0 unspecified atom stereocenters. The zero-order valence-corrected chi connectivity index (χ0v) is 14.0. The minimum Gasteiger partial charge on any atom is -0.337 e. The van der Waals surface area contributed by atoms with E-state index in [-0.39, 0.29) is 5.91 Å². The number of carbonyl (C=O) groups excluding carboxylic acids is 1. The smallest absolute Gasteiger partial charge is 0.253 e. The molecule has 0 radical (unpaired) electrons. The summed E-state index contributed by atoms with van der Waals surface area (Å²) in [4.78, 5) is 17.1. The van der Waals surface area contributed by atoms with Crippen LogP contribution in [0.5, 0.6) is 0 Å². The van der Waals surface area contributed by atoms with E-state index in [4.69, 9.17) is 4.63 Å². The Bertz CT molecular complexity index is 830. The first kappa shape index (κ1) is 15.3. The van der Waals surface area contributed by atoms with Crippen molar-refractivity contribution < 1.29 is 9.42 Å². The van der Waals surface area contributed by atoms with Crippen LogP contribution in [0.2, 0.25) is 0 Å². The molecule has 0 N–H and O–H groups in total. The van der Waals surface area contributed by atoms with Gasteiger partial charge >= 0.3 is 0 Å². The van der Waals surface area contributed by atoms with E-state index in [9.17, 15) is 4.79 Å². The van der Waals surface area contributed by atoms with Gasteiger partial charge in [-0.1, -0.05) is 0 Å². The molecule has 1 saturated heterocycles. The third kappa shape index (κ3) is 3.18. The van der Waals surface area contributed by atoms with Gasteiger partial charge in [-0.3, -0.25) is 9.69 Å². The molecule has 1 amide bonds. The van der Waals surface area contributed by atoms with Gasteiger partial charge in [-0.25, -0.2) is 4.63 Å². The van der Waals surface area contributed by atoms with Gasteiger partial charge in [-0.05, 0) is 57.3 Å². The van der Waals surface area contributed by atoms with Gasteiger partial charge in [0.15, 0.2) is 0 Å². The van der Waals surface area contributed by atoms with Crippen molar-refractivity contribution in [3.8, 4) is 0 Å². The fourth-order valence-electron chi connectivity index (χ4n) is 3.07. The summed E-state index contributed by atoms with van der Waals surface area (Å²) in [6, 6.07) is 7.49. The topological polar surface area (TPSA) is 62.5 Å². The SMILES string of the molecule is O=C(c1ccc2nonc2c1)N1CCCN(Cc2ccsc2)CC1. The Morgan fingerprint density at radius 1 is 1.12 bits per heavy atom. The van der Waals surface area contributed by atoms with Crippen molar-refractivity contribution in [1.82, 2.24) is 20.1 Å². The van der Waals surface area contributed by atoms with Crippen LogP contribution >= 0.6 is 11.3 Å². The van der Waals surface area contributed by atoms with Crippen LogP contribution in [0, 0.1) is 0 Å². The molecule has 1 fully saturated rings. The molecule has 7 heteroatoms. The highest BCUT2D eigenvalue weighted by atomic mass is 32.1. The van der Waals surface area contributed by atoms with Crippen LogP contribution in [0.25, 0.3) is 11.0 Å². The highest BCUT2D eigenvalue weighted by Crippen LogP contribution is 2.16. The van der Waals surface area contributed by atoms with Crippen molar-refractivity contribution in [3.05, 3.63) is 46.2 Å². The normalized spacial score (nSPS) is 16.4. The predicted octanol–water partition coefficient (Wildman–Crippen LogP) is 2.63. The number of hydrogen-bond donors (Lipinski definition) is 0. The summed E-state index contributed by atoms with van der Waals surface area (Å²) in [5.41, 5.74) is 3.28. The van der Waals surface area contributed by atoms with Crippen molar-refractivity contribution in [1.29, 1.82) is 0 Å². The van der Waals surface area contributed by atoms with Crippen molar-refractivity contribution in [2.45, 2.75) is 13.0 Å². The number of nitrogens with zero attached hydrogens (tertiary/aromatic N) is 4. The maximum Gasteiger partial charge on any atom is 0.253 e. The highest BCUT2D eigenvalue weighted by Gasteiger charge is 2.21. The lowest BCUT2D eigenvalue weighted by molar-refractivity contribution is 0.0761. The summed E-state index contributed by atoms with van der Waals surface area (Å²) in [5.74, 6) is 0.0530. The van der Waals surface area contributed by atoms with E-state index in [1.165, 1.54) is 5.56 Å². The van der Waals surface area contributed by atoms with E-state index < -0.39 is 0 Å². The highest BCUT2D eigenvalue weighted by molar-refractivity contribution is 7.07. The molecule has 2 aromatic heterocycles. The maximum atomic E-state index is 12.8. The lowest BCUT2D eigenvalue weighted by Gasteiger charge is -2.21. The van der Waals surface area contributed by atoms with Crippen molar-refractivity contribution >= 4 is 28.3 Å². The molecule has 1 aliphatic heterocycles. The molecular formula is C17H18N4O2S. The van der Waals surface area contributed by atoms with E-state index in [1.54, 1.807) is 29.5 Å². The van der Waals surface area contributed by atoms with Crippen LogP contribution in [0.3, 0.4) is 0 Å². The zero-order chi connectivity index (χ0) is 16.4. The van der Waals surface area contributed by atoms with Crippen molar-refractivity contribution in [3.63, 3.8) is 0 Å². The summed E-state index contributed by atoms with van der Waals surface area (Å²) in [6.45, 7) is 4.41. The van der Waals surface area contributed by atoms with Crippen LogP contribution in [0.15, 0.2) is 39.7 Å². The number of amides is 1. The molecular weight excluding hydrogens is 324 g/mol. The molecule has 0 atom stereocenters. The second kappa shape index (κ2) is 6.70. The molecule has 124 valence electrons. The summed E-state index contributed by atoms with van der Waals surface area (Å²) in [6.07, 6.45) is 0.990. The molecule has 6 nitrogen and oxygen atoms in total. The molecule has 1 aromatic carbocycles. The average Bonchev–Trinajstić information content (AvgIpc) is 3.22. The molecule has 24 heavy (non-hydrogen) atoms. The van der Waals surface area contributed by atoms with E-state index in [0.29, 0.717) is 16.6 Å². The Hall–Kier alpha value is -2.25. The quantitative estimate of drug-likeness (QED) is 0.732. The van der Waals surface area contributed by atoms with E-state index in [0.717, 1.165) is 39.1 Å². The third-order valence-corrected chi connectivity index (χ3v) is 5.09. The Balaban J connectivity index is 1.43. The number of thiophene rings is 1. The Labute approximate surface area is 143 Å². The second-order valence-electron chi connectivity index (χ2n) is 6.02. The molecule has 0 saturated carbocycles. The van der Waals surface area contributed by atoms with E-state index in [2.05, 4.69) is 32.0 Å². The van der Waals surface area contributed by atoms with Gasteiger partial charge in [0.05, 0.1) is 0 Å². The summed E-state index contributed by atoms with van der Waals surface area (Å²) < 4.78 is 4.70. The zero-order valence-electron chi connectivity index (χ0n) is 13.2. The van der Waals surface area contributed by atoms with Gasteiger partial charge in [0, 0.05) is 38.3 Å². The number of fused-ring (bicyclic) bond motifs is 1. The fourth-order valence-corrected chi connectivity index (χ4v) is 3.73. The first-order valence-electron chi connectivity index (χ1n) is 8.04. The van der Waals surface area contributed by atoms with Gasteiger partial charge in [0.25, 0.3) is 5.91 Å². The minimum atomic E-state index is 0.0530. The monoisotopic (exact) mass is 342 g/mol. The third-order valence-electron chi connectivity index (χ3n) is 4.36. The van der Waals surface area contributed by atoms with Crippen LogP contribution in [0.4, 0.5) is 0 Å². The van der Waals surface area contributed by atoms with Gasteiger partial charge in [0.1, 0.15) is 11.0 Å². The summed E-state index contributed by atoms with van der Waals surface area (Å²) in [5, 5.41) is 11.9. The predicted molar refractivity (Wildman–Crippen MR) is 91.9 cm³/mol. The molecule has 4 rings (SSSR count). The van der Waals surface area contributed by atoms with E-state index in [1.807, 2.05) is 4.90 Å². The molecule has 0 spiro atoms. The number of carbonyl (C=O) groups is 1. The van der Waals surface area contributed by atoms with Crippen molar-refractivity contribution in [2.75, 3.05) is 26.2 Å². The molecule has 0 aliphatic carbocycles. The number of benzene rings is 1. The van der Waals surface area contributed by atoms with Crippen LogP contribution in [-0.2, 0) is 6.54 Å². The van der Waals surface area contributed by atoms with E-state index >= 15 is 0 Å². The second-order valence-corrected chi connectivity index (χ2v) is 6.80. The number of hydrogen-bond acceptors (Lipinski definition) is 6.